The Labute approximate surface area is 215 Å². The zero-order chi connectivity index (χ0) is 25.7. The van der Waals surface area contributed by atoms with E-state index >= 15 is 0 Å². The molecule has 0 aliphatic carbocycles. The van der Waals surface area contributed by atoms with Gasteiger partial charge >= 0.3 is 0 Å². The van der Waals surface area contributed by atoms with Gasteiger partial charge in [0.25, 0.3) is 11.1 Å². The third-order valence-electron chi connectivity index (χ3n) is 6.31. The van der Waals surface area contributed by atoms with Crippen molar-refractivity contribution in [3.05, 3.63) is 59.0 Å². The molecule has 0 aromatic heterocycles. The minimum Gasteiger partial charge on any atom is -0.493 e. The highest BCUT2D eigenvalue weighted by atomic mass is 32.2. The molecule has 2 fully saturated rings. The van der Waals surface area contributed by atoms with Crippen molar-refractivity contribution in [1.29, 1.82) is 0 Å². The molecule has 0 bridgehead atoms. The molecule has 0 spiro atoms. The van der Waals surface area contributed by atoms with Crippen LogP contribution >= 0.6 is 11.8 Å². The molecule has 2 saturated heterocycles. The molecule has 190 valence electrons. The van der Waals surface area contributed by atoms with Gasteiger partial charge in [-0.2, -0.15) is 0 Å². The van der Waals surface area contributed by atoms with E-state index in [2.05, 4.69) is 4.90 Å². The average Bonchev–Trinajstić information content (AvgIpc) is 3.17. The first-order valence-corrected chi connectivity index (χ1v) is 12.9. The van der Waals surface area contributed by atoms with Crippen molar-refractivity contribution >= 4 is 40.6 Å². The average molecular weight is 510 g/mol. The van der Waals surface area contributed by atoms with Crippen molar-refractivity contribution in [2.45, 2.75) is 26.4 Å². The van der Waals surface area contributed by atoms with E-state index in [0.717, 1.165) is 28.8 Å². The molecule has 2 aromatic carbocycles. The van der Waals surface area contributed by atoms with Crippen LogP contribution in [0.2, 0.25) is 0 Å². The number of imide groups is 1. The van der Waals surface area contributed by atoms with E-state index < -0.39 is 11.1 Å². The smallest absolute Gasteiger partial charge is 0.294 e. The SMILES string of the molecule is CC[C@H](C)Oc1ccc(/C=C2\SC(=O)N(CC(=O)N3CCN(c4ccccc4)CC3)C2=O)cc1OC. The van der Waals surface area contributed by atoms with E-state index in [-0.39, 0.29) is 23.5 Å². The quantitative estimate of drug-likeness (QED) is 0.492. The molecule has 0 unspecified atom stereocenters. The number of rotatable bonds is 8. The van der Waals surface area contributed by atoms with Crippen LogP contribution in [0.4, 0.5) is 10.5 Å². The number of thioether (sulfide) groups is 1. The van der Waals surface area contributed by atoms with Crippen LogP contribution < -0.4 is 14.4 Å². The molecule has 1 atom stereocenters. The normalized spacial score (nSPS) is 18.1. The highest BCUT2D eigenvalue weighted by Gasteiger charge is 2.37. The number of anilines is 1. The number of para-hydroxylation sites is 1. The van der Waals surface area contributed by atoms with Crippen molar-refractivity contribution < 1.29 is 23.9 Å². The Morgan fingerprint density at radius 1 is 1.06 bits per heavy atom. The lowest BCUT2D eigenvalue weighted by molar-refractivity contribution is -0.136. The second-order valence-corrected chi connectivity index (χ2v) is 9.71. The lowest BCUT2D eigenvalue weighted by atomic mass is 10.1. The number of methoxy groups -OCH3 is 1. The van der Waals surface area contributed by atoms with E-state index in [9.17, 15) is 14.4 Å². The van der Waals surface area contributed by atoms with Crippen LogP contribution in [0.3, 0.4) is 0 Å². The van der Waals surface area contributed by atoms with E-state index in [1.165, 1.54) is 0 Å². The van der Waals surface area contributed by atoms with Crippen LogP contribution in [-0.2, 0) is 9.59 Å². The van der Waals surface area contributed by atoms with E-state index in [1.54, 1.807) is 30.2 Å². The van der Waals surface area contributed by atoms with Crippen LogP contribution in [0, 0.1) is 0 Å². The lowest BCUT2D eigenvalue weighted by Gasteiger charge is -2.36. The summed E-state index contributed by atoms with van der Waals surface area (Å²) in [6, 6.07) is 15.4. The molecule has 3 amide bonds. The Bertz CT molecular complexity index is 1150. The second kappa shape index (κ2) is 11.5. The second-order valence-electron chi connectivity index (χ2n) is 8.72. The van der Waals surface area contributed by atoms with Crippen LogP contribution in [0.5, 0.6) is 11.5 Å². The first-order chi connectivity index (χ1) is 17.4. The maximum Gasteiger partial charge on any atom is 0.294 e. The molecule has 2 aliphatic rings. The van der Waals surface area contributed by atoms with Crippen molar-refractivity contribution in [2.75, 3.05) is 44.7 Å². The van der Waals surface area contributed by atoms with Gasteiger partial charge in [-0.05, 0) is 61.0 Å². The maximum atomic E-state index is 13.0. The van der Waals surface area contributed by atoms with Crippen molar-refractivity contribution in [1.82, 2.24) is 9.80 Å². The summed E-state index contributed by atoms with van der Waals surface area (Å²) in [7, 11) is 1.56. The number of carbonyl (C=O) groups excluding carboxylic acids is 3. The fourth-order valence-electron chi connectivity index (χ4n) is 4.05. The molecule has 2 aromatic rings. The van der Waals surface area contributed by atoms with E-state index in [1.807, 2.05) is 50.2 Å². The fourth-order valence-corrected chi connectivity index (χ4v) is 4.89. The highest BCUT2D eigenvalue weighted by Crippen LogP contribution is 2.35. The van der Waals surface area contributed by atoms with Gasteiger partial charge in [-0.1, -0.05) is 31.2 Å². The van der Waals surface area contributed by atoms with Crippen LogP contribution in [-0.4, -0.2) is 72.8 Å². The van der Waals surface area contributed by atoms with Gasteiger partial charge in [-0.3, -0.25) is 19.3 Å². The van der Waals surface area contributed by atoms with Gasteiger partial charge in [0.05, 0.1) is 18.1 Å². The van der Waals surface area contributed by atoms with Gasteiger partial charge in [0, 0.05) is 31.9 Å². The predicted octanol–water partition coefficient (Wildman–Crippen LogP) is 4.26. The Morgan fingerprint density at radius 2 is 1.78 bits per heavy atom. The summed E-state index contributed by atoms with van der Waals surface area (Å²) < 4.78 is 11.3. The first kappa shape index (κ1) is 25.6. The lowest BCUT2D eigenvalue weighted by Crippen LogP contribution is -2.51. The van der Waals surface area contributed by atoms with Crippen LogP contribution in [0.1, 0.15) is 25.8 Å². The molecule has 8 nitrogen and oxygen atoms in total. The summed E-state index contributed by atoms with van der Waals surface area (Å²) in [5, 5.41) is -0.439. The minimum absolute atomic E-state index is 0.0418. The summed E-state index contributed by atoms with van der Waals surface area (Å²) >= 11 is 0.842. The van der Waals surface area contributed by atoms with Gasteiger partial charge in [0.1, 0.15) is 6.54 Å². The Kier molecular flexibility index (Phi) is 8.20. The van der Waals surface area contributed by atoms with Gasteiger partial charge < -0.3 is 19.3 Å². The number of carbonyl (C=O) groups is 3. The van der Waals surface area contributed by atoms with Crippen LogP contribution in [0.15, 0.2) is 53.4 Å². The number of nitrogens with zero attached hydrogens (tertiary/aromatic N) is 3. The Hall–Kier alpha value is -3.46. The van der Waals surface area contributed by atoms with Gasteiger partial charge in [-0.15, -0.1) is 0 Å². The van der Waals surface area contributed by atoms with Gasteiger partial charge in [0.15, 0.2) is 11.5 Å². The zero-order valence-corrected chi connectivity index (χ0v) is 21.6. The molecule has 0 N–H and O–H groups in total. The molecule has 36 heavy (non-hydrogen) atoms. The molecule has 4 rings (SSSR count). The van der Waals surface area contributed by atoms with Crippen molar-refractivity contribution in [3.8, 4) is 11.5 Å². The number of amides is 3. The molecule has 2 aliphatic heterocycles. The largest absolute Gasteiger partial charge is 0.493 e. The highest BCUT2D eigenvalue weighted by molar-refractivity contribution is 8.18. The fraction of sp³-hybridized carbons (Fsp3) is 0.370. The standard InChI is InChI=1S/C27H31N3O5S/c1-4-19(2)35-22-11-10-20(16-23(22)34-3)17-24-26(32)30(27(33)36-24)18-25(31)29-14-12-28(13-15-29)21-8-6-5-7-9-21/h5-11,16-17,19H,4,12-15,18H2,1-3H3/b24-17-/t19-/m0/s1. The molecule has 0 saturated carbocycles. The zero-order valence-electron chi connectivity index (χ0n) is 20.8. The third kappa shape index (κ3) is 5.84. The number of hydrogen-bond donors (Lipinski definition) is 0. The van der Waals surface area contributed by atoms with Gasteiger partial charge in [-0.25, -0.2) is 0 Å². The monoisotopic (exact) mass is 509 g/mol. The summed E-state index contributed by atoms with van der Waals surface area (Å²) in [4.78, 5) is 43.7. The van der Waals surface area contributed by atoms with Gasteiger partial charge in [0.2, 0.25) is 5.91 Å². The maximum absolute atomic E-state index is 13.0. The number of benzene rings is 2. The summed E-state index contributed by atoms with van der Waals surface area (Å²) in [6.07, 6.45) is 2.54. The van der Waals surface area contributed by atoms with E-state index in [0.29, 0.717) is 43.2 Å². The number of piperazine rings is 1. The van der Waals surface area contributed by atoms with Crippen molar-refractivity contribution in [2.24, 2.45) is 0 Å². The molecule has 0 radical (unpaired) electrons. The number of hydrogen-bond acceptors (Lipinski definition) is 7. The Balaban J connectivity index is 1.38. The summed E-state index contributed by atoms with van der Waals surface area (Å²) in [6.45, 7) is 6.27. The van der Waals surface area contributed by atoms with Crippen LogP contribution in [0.25, 0.3) is 6.08 Å². The number of ether oxygens (including phenoxy) is 2. The minimum atomic E-state index is -0.458. The summed E-state index contributed by atoms with van der Waals surface area (Å²) in [5.74, 6) is 0.489. The van der Waals surface area contributed by atoms with E-state index in [4.69, 9.17) is 9.47 Å². The summed E-state index contributed by atoms with van der Waals surface area (Å²) in [5.41, 5.74) is 1.83. The molecule has 2 heterocycles. The Morgan fingerprint density at radius 3 is 2.44 bits per heavy atom. The van der Waals surface area contributed by atoms with Crippen molar-refractivity contribution in [3.63, 3.8) is 0 Å². The predicted molar refractivity (Wildman–Crippen MR) is 141 cm³/mol. The first-order valence-electron chi connectivity index (χ1n) is 12.1. The molecule has 9 heteroatoms. The molecular weight excluding hydrogens is 478 g/mol. The molecular formula is C27H31N3O5S. The third-order valence-corrected chi connectivity index (χ3v) is 7.22. The topological polar surface area (TPSA) is 79.4 Å².